The van der Waals surface area contributed by atoms with Gasteiger partial charge >= 0.3 is 0 Å². The van der Waals surface area contributed by atoms with Crippen LogP contribution in [0.5, 0.6) is 0 Å². The Kier molecular flexibility index (Phi) is 3.87. The lowest BCUT2D eigenvalue weighted by Crippen LogP contribution is -2.44. The molecule has 2 aromatic heterocycles. The van der Waals surface area contributed by atoms with Gasteiger partial charge in [0.05, 0.1) is 19.3 Å². The van der Waals surface area contributed by atoms with Crippen LogP contribution in [0.15, 0.2) is 54.0 Å². The molecule has 5 heteroatoms. The number of pyridine rings is 2. The van der Waals surface area contributed by atoms with Gasteiger partial charge in [0.15, 0.2) is 0 Å². The molecule has 0 unspecified atom stereocenters. The standard InChI is InChI=1S/C15H17N5/c1-2-6-17-15(3-1)19-9-11-20(12-10-19)18-13-14-4-7-16-8-5-14/h1-8,13H,9-12H2. The molecule has 0 atom stereocenters. The molecule has 0 saturated carbocycles. The molecule has 0 bridgehead atoms. The van der Waals surface area contributed by atoms with Gasteiger partial charge in [-0.2, -0.15) is 5.10 Å². The predicted octanol–water partition coefficient (Wildman–Crippen LogP) is 1.63. The van der Waals surface area contributed by atoms with Crippen molar-refractivity contribution in [3.8, 4) is 0 Å². The molecule has 20 heavy (non-hydrogen) atoms. The van der Waals surface area contributed by atoms with E-state index in [1.165, 1.54) is 0 Å². The van der Waals surface area contributed by atoms with E-state index in [1.54, 1.807) is 12.4 Å². The highest BCUT2D eigenvalue weighted by atomic mass is 15.5. The topological polar surface area (TPSA) is 44.6 Å². The monoisotopic (exact) mass is 267 g/mol. The molecule has 102 valence electrons. The first-order valence-electron chi connectivity index (χ1n) is 6.77. The van der Waals surface area contributed by atoms with Gasteiger partial charge in [-0.25, -0.2) is 4.98 Å². The van der Waals surface area contributed by atoms with Crippen molar-refractivity contribution in [3.63, 3.8) is 0 Å². The second-order valence-corrected chi connectivity index (χ2v) is 4.65. The van der Waals surface area contributed by atoms with E-state index >= 15 is 0 Å². The second-order valence-electron chi connectivity index (χ2n) is 4.65. The van der Waals surface area contributed by atoms with Gasteiger partial charge in [0, 0.05) is 31.7 Å². The number of rotatable bonds is 3. The van der Waals surface area contributed by atoms with Crippen LogP contribution in [0.4, 0.5) is 5.82 Å². The van der Waals surface area contributed by atoms with Crippen molar-refractivity contribution in [1.29, 1.82) is 0 Å². The largest absolute Gasteiger partial charge is 0.353 e. The molecule has 0 aromatic carbocycles. The van der Waals surface area contributed by atoms with Crippen LogP contribution in [-0.2, 0) is 0 Å². The zero-order chi connectivity index (χ0) is 13.6. The SMILES string of the molecule is C(=NN1CCN(c2ccccn2)CC1)c1ccncc1. The molecule has 0 radical (unpaired) electrons. The lowest BCUT2D eigenvalue weighted by atomic mass is 10.3. The molecule has 2 aromatic rings. The molecular formula is C15H17N5. The van der Waals surface area contributed by atoms with Gasteiger partial charge in [-0.3, -0.25) is 9.99 Å². The van der Waals surface area contributed by atoms with E-state index in [0.717, 1.165) is 37.6 Å². The van der Waals surface area contributed by atoms with Crippen LogP contribution in [0.3, 0.4) is 0 Å². The molecule has 0 N–H and O–H groups in total. The first-order valence-corrected chi connectivity index (χ1v) is 6.77. The molecule has 0 aliphatic carbocycles. The fourth-order valence-corrected chi connectivity index (χ4v) is 2.18. The smallest absolute Gasteiger partial charge is 0.128 e. The van der Waals surface area contributed by atoms with Crippen molar-refractivity contribution in [3.05, 3.63) is 54.5 Å². The number of anilines is 1. The average molecular weight is 267 g/mol. The van der Waals surface area contributed by atoms with Crippen molar-refractivity contribution in [2.75, 3.05) is 31.1 Å². The Morgan fingerprint density at radius 2 is 1.75 bits per heavy atom. The summed E-state index contributed by atoms with van der Waals surface area (Å²) in [5.41, 5.74) is 1.08. The van der Waals surface area contributed by atoms with Crippen molar-refractivity contribution in [1.82, 2.24) is 15.0 Å². The molecule has 0 amide bonds. The summed E-state index contributed by atoms with van der Waals surface area (Å²) in [5.74, 6) is 1.05. The maximum atomic E-state index is 4.52. The third-order valence-corrected chi connectivity index (χ3v) is 3.31. The molecular weight excluding hydrogens is 250 g/mol. The normalized spacial score (nSPS) is 15.8. The van der Waals surface area contributed by atoms with Crippen molar-refractivity contribution in [2.45, 2.75) is 0 Å². The molecule has 1 saturated heterocycles. The molecule has 5 nitrogen and oxygen atoms in total. The van der Waals surface area contributed by atoms with Gasteiger partial charge in [-0.05, 0) is 29.8 Å². The number of piperazine rings is 1. The maximum Gasteiger partial charge on any atom is 0.128 e. The average Bonchev–Trinajstić information content (AvgIpc) is 2.55. The summed E-state index contributed by atoms with van der Waals surface area (Å²) in [6.45, 7) is 3.73. The van der Waals surface area contributed by atoms with Gasteiger partial charge < -0.3 is 4.90 Å². The molecule has 3 heterocycles. The second kappa shape index (κ2) is 6.14. The van der Waals surface area contributed by atoms with E-state index in [-0.39, 0.29) is 0 Å². The molecule has 1 aliphatic heterocycles. The van der Waals surface area contributed by atoms with Crippen LogP contribution in [0.25, 0.3) is 0 Å². The molecule has 1 fully saturated rings. The van der Waals surface area contributed by atoms with Crippen molar-refractivity contribution >= 4 is 12.0 Å². The van der Waals surface area contributed by atoms with Crippen LogP contribution in [0.2, 0.25) is 0 Å². The fraction of sp³-hybridized carbons (Fsp3) is 0.267. The Balaban J connectivity index is 1.55. The summed E-state index contributed by atoms with van der Waals surface area (Å²) in [6, 6.07) is 9.92. The predicted molar refractivity (Wildman–Crippen MR) is 79.9 cm³/mol. The van der Waals surface area contributed by atoms with E-state index in [2.05, 4.69) is 31.0 Å². The highest BCUT2D eigenvalue weighted by molar-refractivity contribution is 5.78. The van der Waals surface area contributed by atoms with E-state index in [4.69, 9.17) is 0 Å². The quantitative estimate of drug-likeness (QED) is 0.793. The minimum atomic E-state index is 0.915. The highest BCUT2D eigenvalue weighted by Crippen LogP contribution is 2.12. The minimum Gasteiger partial charge on any atom is -0.353 e. The van der Waals surface area contributed by atoms with E-state index < -0.39 is 0 Å². The third-order valence-electron chi connectivity index (χ3n) is 3.31. The number of nitrogens with zero attached hydrogens (tertiary/aromatic N) is 5. The van der Waals surface area contributed by atoms with Crippen molar-refractivity contribution in [2.24, 2.45) is 5.10 Å². The first kappa shape index (κ1) is 12.6. The summed E-state index contributed by atoms with van der Waals surface area (Å²) >= 11 is 0. The summed E-state index contributed by atoms with van der Waals surface area (Å²) in [7, 11) is 0. The molecule has 1 aliphatic rings. The lowest BCUT2D eigenvalue weighted by Gasteiger charge is -2.33. The van der Waals surface area contributed by atoms with Crippen LogP contribution in [0.1, 0.15) is 5.56 Å². The molecule has 0 spiro atoms. The number of hydrogen-bond acceptors (Lipinski definition) is 5. The van der Waals surface area contributed by atoms with Gasteiger partial charge in [0.2, 0.25) is 0 Å². The number of hydrogen-bond donors (Lipinski definition) is 0. The summed E-state index contributed by atoms with van der Waals surface area (Å²) in [5, 5.41) is 6.61. The van der Waals surface area contributed by atoms with E-state index in [9.17, 15) is 0 Å². The van der Waals surface area contributed by atoms with E-state index in [0.29, 0.717) is 0 Å². The Labute approximate surface area is 118 Å². The van der Waals surface area contributed by atoms with Crippen molar-refractivity contribution < 1.29 is 0 Å². The highest BCUT2D eigenvalue weighted by Gasteiger charge is 2.15. The van der Waals surface area contributed by atoms with Crippen LogP contribution >= 0.6 is 0 Å². The Bertz CT molecular complexity index is 547. The minimum absolute atomic E-state index is 0.915. The van der Waals surface area contributed by atoms with Gasteiger partial charge in [-0.1, -0.05) is 6.07 Å². The molecule has 3 rings (SSSR count). The number of aromatic nitrogens is 2. The summed E-state index contributed by atoms with van der Waals surface area (Å²) < 4.78 is 0. The Hall–Kier alpha value is -2.43. The van der Waals surface area contributed by atoms with Gasteiger partial charge in [0.1, 0.15) is 5.82 Å². The summed E-state index contributed by atoms with van der Waals surface area (Å²) in [6.07, 6.45) is 7.28. The van der Waals surface area contributed by atoms with Gasteiger partial charge in [-0.15, -0.1) is 0 Å². The third kappa shape index (κ3) is 3.12. The zero-order valence-electron chi connectivity index (χ0n) is 11.3. The van der Waals surface area contributed by atoms with E-state index in [1.807, 2.05) is 36.7 Å². The summed E-state index contributed by atoms with van der Waals surface area (Å²) in [4.78, 5) is 10.7. The maximum absolute atomic E-state index is 4.52. The Morgan fingerprint density at radius 3 is 2.45 bits per heavy atom. The van der Waals surface area contributed by atoms with Gasteiger partial charge in [0.25, 0.3) is 0 Å². The van der Waals surface area contributed by atoms with Crippen LogP contribution in [0, 0.1) is 0 Å². The van der Waals surface area contributed by atoms with Crippen LogP contribution in [-0.4, -0.2) is 47.4 Å². The zero-order valence-corrected chi connectivity index (χ0v) is 11.3. The lowest BCUT2D eigenvalue weighted by molar-refractivity contribution is 0.271. The fourth-order valence-electron chi connectivity index (χ4n) is 2.18. The number of hydrazone groups is 1. The van der Waals surface area contributed by atoms with Crippen LogP contribution < -0.4 is 4.90 Å². The first-order chi connectivity index (χ1) is 9.92. The Morgan fingerprint density at radius 1 is 0.950 bits per heavy atom.